The first kappa shape index (κ1) is 17.1. The molecule has 4 rings (SSSR count). The zero-order valence-electron chi connectivity index (χ0n) is 14.9. The molecule has 2 amide bonds. The van der Waals surface area contributed by atoms with Gasteiger partial charge in [0, 0.05) is 23.4 Å². The van der Waals surface area contributed by atoms with Crippen molar-refractivity contribution in [2.75, 3.05) is 11.4 Å². The van der Waals surface area contributed by atoms with Crippen LogP contribution in [0.3, 0.4) is 0 Å². The van der Waals surface area contributed by atoms with Gasteiger partial charge in [0.2, 0.25) is 0 Å². The fourth-order valence-corrected chi connectivity index (χ4v) is 3.35. The number of para-hydroxylation sites is 1. The largest absolute Gasteiger partial charge is 0.467 e. The number of anilines is 1. The molecule has 1 aliphatic rings. The van der Waals surface area contributed by atoms with Gasteiger partial charge in [-0.15, -0.1) is 0 Å². The van der Waals surface area contributed by atoms with Crippen LogP contribution in [0.5, 0.6) is 0 Å². The fraction of sp³-hybridized carbons (Fsp3) is 0.182. The summed E-state index contributed by atoms with van der Waals surface area (Å²) in [6.45, 7) is 1.04. The Kier molecular flexibility index (Phi) is 4.75. The first-order chi connectivity index (χ1) is 13.2. The molecule has 2 heterocycles. The van der Waals surface area contributed by atoms with Gasteiger partial charge in [0.05, 0.1) is 12.8 Å². The standard InChI is InChI=1S/C22H20N2O3/c25-21(23-15-19-7-4-14-27-19)17-9-11-18(12-10-17)22(26)24-13-3-6-16-5-1-2-8-20(16)24/h1-2,4-5,7-12,14H,3,6,13,15H2,(H,23,25). The van der Waals surface area contributed by atoms with Gasteiger partial charge in [-0.1, -0.05) is 18.2 Å². The topological polar surface area (TPSA) is 62.6 Å². The van der Waals surface area contributed by atoms with Crippen molar-refractivity contribution in [2.45, 2.75) is 19.4 Å². The van der Waals surface area contributed by atoms with E-state index in [4.69, 9.17) is 4.42 Å². The highest BCUT2D eigenvalue weighted by Gasteiger charge is 2.23. The van der Waals surface area contributed by atoms with E-state index in [9.17, 15) is 9.59 Å². The van der Waals surface area contributed by atoms with Gasteiger partial charge in [-0.2, -0.15) is 0 Å². The molecule has 1 aromatic heterocycles. The summed E-state index contributed by atoms with van der Waals surface area (Å²) in [5.74, 6) is 0.456. The second-order valence-electron chi connectivity index (χ2n) is 6.53. The maximum absolute atomic E-state index is 12.9. The number of aryl methyl sites for hydroxylation is 1. The van der Waals surface area contributed by atoms with E-state index in [0.717, 1.165) is 18.5 Å². The molecule has 2 aromatic carbocycles. The van der Waals surface area contributed by atoms with Gasteiger partial charge in [0.1, 0.15) is 5.76 Å². The molecule has 0 radical (unpaired) electrons. The van der Waals surface area contributed by atoms with Crippen LogP contribution in [0.2, 0.25) is 0 Å². The molecule has 0 spiro atoms. The van der Waals surface area contributed by atoms with Crippen LogP contribution in [0.4, 0.5) is 5.69 Å². The van der Waals surface area contributed by atoms with Crippen LogP contribution in [-0.2, 0) is 13.0 Å². The van der Waals surface area contributed by atoms with Crippen molar-refractivity contribution in [1.82, 2.24) is 5.32 Å². The smallest absolute Gasteiger partial charge is 0.258 e. The molecular weight excluding hydrogens is 340 g/mol. The third-order valence-corrected chi connectivity index (χ3v) is 4.75. The molecule has 0 aliphatic carbocycles. The van der Waals surface area contributed by atoms with Gasteiger partial charge in [-0.25, -0.2) is 0 Å². The van der Waals surface area contributed by atoms with Gasteiger partial charge in [-0.3, -0.25) is 9.59 Å². The summed E-state index contributed by atoms with van der Waals surface area (Å²) in [6.07, 6.45) is 3.52. The second kappa shape index (κ2) is 7.50. The third kappa shape index (κ3) is 3.62. The molecule has 0 bridgehead atoms. The van der Waals surface area contributed by atoms with Gasteiger partial charge in [-0.05, 0) is 60.9 Å². The predicted octanol–water partition coefficient (Wildman–Crippen LogP) is 3.80. The summed E-state index contributed by atoms with van der Waals surface area (Å²) in [5.41, 5.74) is 3.27. The van der Waals surface area contributed by atoms with E-state index in [1.54, 1.807) is 42.7 Å². The molecule has 0 fully saturated rings. The molecule has 5 heteroatoms. The number of hydrogen-bond donors (Lipinski definition) is 1. The molecule has 1 N–H and O–H groups in total. The van der Waals surface area contributed by atoms with Gasteiger partial charge < -0.3 is 14.6 Å². The maximum atomic E-state index is 12.9. The van der Waals surface area contributed by atoms with Crippen molar-refractivity contribution < 1.29 is 14.0 Å². The molecule has 0 unspecified atom stereocenters. The van der Waals surface area contributed by atoms with E-state index in [0.29, 0.717) is 30.0 Å². The van der Waals surface area contributed by atoms with Crippen molar-refractivity contribution in [2.24, 2.45) is 0 Å². The molecular formula is C22H20N2O3. The average Bonchev–Trinajstić information content (AvgIpc) is 3.25. The number of fused-ring (bicyclic) bond motifs is 1. The number of carbonyl (C=O) groups is 2. The Morgan fingerprint density at radius 3 is 2.52 bits per heavy atom. The second-order valence-corrected chi connectivity index (χ2v) is 6.53. The van der Waals surface area contributed by atoms with Crippen molar-refractivity contribution in [3.8, 4) is 0 Å². The summed E-state index contributed by atoms with van der Waals surface area (Å²) >= 11 is 0. The Labute approximate surface area is 157 Å². The minimum absolute atomic E-state index is 0.0373. The number of amides is 2. The minimum atomic E-state index is -0.200. The van der Waals surface area contributed by atoms with Crippen LogP contribution in [0.15, 0.2) is 71.3 Å². The van der Waals surface area contributed by atoms with Crippen LogP contribution >= 0.6 is 0 Å². The summed E-state index contributed by atoms with van der Waals surface area (Å²) < 4.78 is 5.20. The van der Waals surface area contributed by atoms with E-state index in [1.807, 2.05) is 23.1 Å². The summed E-state index contributed by atoms with van der Waals surface area (Å²) in [4.78, 5) is 27.0. The number of nitrogens with zero attached hydrogens (tertiary/aromatic N) is 1. The molecule has 27 heavy (non-hydrogen) atoms. The van der Waals surface area contributed by atoms with Gasteiger partial charge >= 0.3 is 0 Å². The minimum Gasteiger partial charge on any atom is -0.467 e. The number of rotatable bonds is 4. The first-order valence-corrected chi connectivity index (χ1v) is 9.03. The normalized spacial score (nSPS) is 13.1. The highest BCUT2D eigenvalue weighted by molar-refractivity contribution is 6.07. The van der Waals surface area contributed by atoms with E-state index in [2.05, 4.69) is 11.4 Å². The lowest BCUT2D eigenvalue weighted by Crippen LogP contribution is -2.35. The molecule has 3 aromatic rings. The molecule has 0 atom stereocenters. The first-order valence-electron chi connectivity index (χ1n) is 9.03. The molecule has 0 saturated heterocycles. The SMILES string of the molecule is O=C(NCc1ccco1)c1ccc(C(=O)N2CCCc3ccccc32)cc1. The zero-order valence-corrected chi connectivity index (χ0v) is 14.9. The van der Waals surface area contributed by atoms with Crippen LogP contribution in [0.25, 0.3) is 0 Å². The Hall–Kier alpha value is -3.34. The van der Waals surface area contributed by atoms with Crippen LogP contribution in [-0.4, -0.2) is 18.4 Å². The molecule has 136 valence electrons. The van der Waals surface area contributed by atoms with Crippen molar-refractivity contribution in [3.05, 3.63) is 89.4 Å². The van der Waals surface area contributed by atoms with Crippen LogP contribution in [0.1, 0.15) is 38.5 Å². The number of benzene rings is 2. The third-order valence-electron chi connectivity index (χ3n) is 4.75. The number of hydrogen-bond acceptors (Lipinski definition) is 3. The van der Waals surface area contributed by atoms with Crippen LogP contribution < -0.4 is 10.2 Å². The highest BCUT2D eigenvalue weighted by atomic mass is 16.3. The lowest BCUT2D eigenvalue weighted by Gasteiger charge is -2.29. The Morgan fingerprint density at radius 2 is 1.74 bits per heavy atom. The van der Waals surface area contributed by atoms with Crippen LogP contribution in [0, 0.1) is 0 Å². The Balaban J connectivity index is 1.46. The van der Waals surface area contributed by atoms with Gasteiger partial charge in [0.25, 0.3) is 11.8 Å². The van der Waals surface area contributed by atoms with E-state index in [-0.39, 0.29) is 11.8 Å². The van der Waals surface area contributed by atoms with Crippen molar-refractivity contribution in [3.63, 3.8) is 0 Å². The lowest BCUT2D eigenvalue weighted by atomic mass is 10.0. The average molecular weight is 360 g/mol. The molecule has 5 nitrogen and oxygen atoms in total. The van der Waals surface area contributed by atoms with E-state index >= 15 is 0 Å². The summed E-state index contributed by atoms with van der Waals surface area (Å²) in [5, 5.41) is 2.80. The number of carbonyl (C=O) groups excluding carboxylic acids is 2. The zero-order chi connectivity index (χ0) is 18.6. The van der Waals surface area contributed by atoms with Gasteiger partial charge in [0.15, 0.2) is 0 Å². The number of nitrogens with one attached hydrogen (secondary N) is 1. The van der Waals surface area contributed by atoms with Crippen molar-refractivity contribution in [1.29, 1.82) is 0 Å². The quantitative estimate of drug-likeness (QED) is 0.770. The molecule has 0 saturated carbocycles. The predicted molar refractivity (Wildman–Crippen MR) is 103 cm³/mol. The lowest BCUT2D eigenvalue weighted by molar-refractivity contribution is 0.0945. The number of furan rings is 1. The van der Waals surface area contributed by atoms with E-state index in [1.165, 1.54) is 5.56 Å². The highest BCUT2D eigenvalue weighted by Crippen LogP contribution is 2.28. The maximum Gasteiger partial charge on any atom is 0.258 e. The van der Waals surface area contributed by atoms with E-state index < -0.39 is 0 Å². The summed E-state index contributed by atoms with van der Waals surface area (Å²) in [7, 11) is 0. The Bertz CT molecular complexity index is 946. The monoisotopic (exact) mass is 360 g/mol. The summed E-state index contributed by atoms with van der Waals surface area (Å²) in [6, 6.07) is 18.4. The Morgan fingerprint density at radius 1 is 0.963 bits per heavy atom. The molecule has 1 aliphatic heterocycles. The fourth-order valence-electron chi connectivity index (χ4n) is 3.35. The van der Waals surface area contributed by atoms with Crippen molar-refractivity contribution >= 4 is 17.5 Å².